The monoisotopic (exact) mass is 391 g/mol. The second-order valence-corrected chi connectivity index (χ2v) is 9.89. The maximum Gasteiger partial charge on any atom is 0.0227 e. The molecule has 0 spiro atoms. The van der Waals surface area contributed by atoms with Gasteiger partial charge < -0.3 is 6.15 Å². The summed E-state index contributed by atoms with van der Waals surface area (Å²) in [5, 5.41) is 0. The van der Waals surface area contributed by atoms with Crippen molar-refractivity contribution in [3.63, 3.8) is 0 Å². The molecule has 0 rings (SSSR count). The minimum Gasteiger partial charge on any atom is -0.344 e. The van der Waals surface area contributed by atoms with Crippen molar-refractivity contribution in [3.05, 3.63) is 0 Å². The van der Waals surface area contributed by atoms with E-state index in [0.717, 1.165) is 5.92 Å². The fourth-order valence-electron chi connectivity index (χ4n) is 2.99. The van der Waals surface area contributed by atoms with E-state index in [1.807, 2.05) is 0 Å². The molecule has 0 saturated heterocycles. The van der Waals surface area contributed by atoms with E-state index in [0.29, 0.717) is 4.32 Å². The van der Waals surface area contributed by atoms with Crippen molar-refractivity contribution in [2.75, 3.05) is 0 Å². The quantitative estimate of drug-likeness (QED) is 0.207. The number of hydrogen-bond donors (Lipinski definition) is 1. The van der Waals surface area contributed by atoms with Crippen molar-refractivity contribution < 1.29 is 0 Å². The average molecular weight is 393 g/mol. The first kappa shape index (κ1) is 25.7. The first-order valence-electron chi connectivity index (χ1n) is 10.2. The summed E-state index contributed by atoms with van der Waals surface area (Å²) in [7, 11) is 0. The average Bonchev–Trinajstić information content (AvgIpc) is 2.46. The van der Waals surface area contributed by atoms with Crippen molar-refractivity contribution in [3.8, 4) is 0 Å². The highest BCUT2D eigenvalue weighted by molar-refractivity contribution is 9.10. The van der Waals surface area contributed by atoms with E-state index in [2.05, 4.69) is 43.6 Å². The number of halogens is 1. The van der Waals surface area contributed by atoms with Crippen LogP contribution in [0.25, 0.3) is 0 Å². The van der Waals surface area contributed by atoms with Crippen molar-refractivity contribution in [2.24, 2.45) is 5.92 Å². The summed E-state index contributed by atoms with van der Waals surface area (Å²) in [6, 6.07) is 0. The Morgan fingerprint density at radius 2 is 0.957 bits per heavy atom. The molecule has 0 aliphatic rings. The number of alkyl halides is 1. The van der Waals surface area contributed by atoms with Gasteiger partial charge in [-0.25, -0.2) is 0 Å². The summed E-state index contributed by atoms with van der Waals surface area (Å²) in [6.07, 6.45) is 21.7. The topological polar surface area (TPSA) is 35.0 Å². The van der Waals surface area contributed by atoms with Crippen molar-refractivity contribution in [1.82, 2.24) is 6.15 Å². The van der Waals surface area contributed by atoms with Crippen molar-refractivity contribution >= 4 is 15.9 Å². The van der Waals surface area contributed by atoms with E-state index >= 15 is 0 Å². The molecule has 142 valence electrons. The SMILES string of the molecule is CCCCCCCCCCCCCCCCC(C)C(C)(C)Br.N. The highest BCUT2D eigenvalue weighted by Gasteiger charge is 2.20. The van der Waals surface area contributed by atoms with E-state index in [4.69, 9.17) is 0 Å². The highest BCUT2D eigenvalue weighted by atomic mass is 79.9. The van der Waals surface area contributed by atoms with Crippen LogP contribution >= 0.6 is 15.9 Å². The molecule has 0 aromatic rings. The molecule has 23 heavy (non-hydrogen) atoms. The number of hydrogen-bond acceptors (Lipinski definition) is 1. The summed E-state index contributed by atoms with van der Waals surface area (Å²) in [5.41, 5.74) is 0. The molecule has 1 unspecified atom stereocenters. The van der Waals surface area contributed by atoms with Crippen LogP contribution in [0.4, 0.5) is 0 Å². The molecule has 0 radical (unpaired) electrons. The van der Waals surface area contributed by atoms with Crippen LogP contribution in [-0.2, 0) is 0 Å². The molecule has 1 nitrogen and oxygen atoms in total. The van der Waals surface area contributed by atoms with Crippen molar-refractivity contribution in [2.45, 2.75) is 128 Å². The van der Waals surface area contributed by atoms with Gasteiger partial charge >= 0.3 is 0 Å². The van der Waals surface area contributed by atoms with Gasteiger partial charge in [0.25, 0.3) is 0 Å². The second-order valence-electron chi connectivity index (χ2n) is 7.85. The summed E-state index contributed by atoms with van der Waals surface area (Å²) >= 11 is 3.79. The predicted molar refractivity (Wildman–Crippen MR) is 112 cm³/mol. The van der Waals surface area contributed by atoms with E-state index in [-0.39, 0.29) is 6.15 Å². The molecule has 3 N–H and O–H groups in total. The Morgan fingerprint density at radius 1 is 0.652 bits per heavy atom. The molecule has 0 heterocycles. The standard InChI is InChI=1S/C21H43Br.H3N/c1-5-6-7-8-9-10-11-12-13-14-15-16-17-18-19-20(2)21(3,4)22;/h20H,5-19H2,1-4H3;1H3. The zero-order valence-corrected chi connectivity index (χ0v) is 18.4. The largest absolute Gasteiger partial charge is 0.344 e. The predicted octanol–water partition coefficient (Wildman–Crippen LogP) is 8.83. The Hall–Kier alpha value is 0.440. The van der Waals surface area contributed by atoms with Gasteiger partial charge in [0.1, 0.15) is 0 Å². The number of unbranched alkanes of at least 4 members (excludes halogenated alkanes) is 13. The third-order valence-corrected chi connectivity index (χ3v) is 5.94. The Kier molecular flexibility index (Phi) is 19.3. The zero-order chi connectivity index (χ0) is 16.7. The molecule has 0 aliphatic carbocycles. The molecule has 0 saturated carbocycles. The third kappa shape index (κ3) is 18.6. The first-order chi connectivity index (χ1) is 10.5. The summed E-state index contributed by atoms with van der Waals surface area (Å²) < 4.78 is 0.309. The Labute approximate surface area is 156 Å². The van der Waals surface area contributed by atoms with E-state index in [1.165, 1.54) is 96.3 Å². The first-order valence-corrected chi connectivity index (χ1v) is 11.0. The maximum atomic E-state index is 3.79. The fraction of sp³-hybridized carbons (Fsp3) is 1.00. The van der Waals surface area contributed by atoms with Gasteiger partial charge in [-0.15, -0.1) is 0 Å². The minimum absolute atomic E-state index is 0. The van der Waals surface area contributed by atoms with Gasteiger partial charge in [-0.2, -0.15) is 0 Å². The van der Waals surface area contributed by atoms with Gasteiger partial charge in [-0.3, -0.25) is 0 Å². The van der Waals surface area contributed by atoms with Crippen LogP contribution in [0, 0.1) is 5.92 Å². The molecule has 0 aromatic carbocycles. The third-order valence-electron chi connectivity index (χ3n) is 5.16. The van der Waals surface area contributed by atoms with E-state index < -0.39 is 0 Å². The molecule has 0 aliphatic heterocycles. The van der Waals surface area contributed by atoms with Gasteiger partial charge in [-0.05, 0) is 26.2 Å². The lowest BCUT2D eigenvalue weighted by Gasteiger charge is -2.25. The molecule has 2 heteroatoms. The van der Waals surface area contributed by atoms with Crippen LogP contribution in [0.3, 0.4) is 0 Å². The highest BCUT2D eigenvalue weighted by Crippen LogP contribution is 2.30. The number of rotatable bonds is 16. The zero-order valence-electron chi connectivity index (χ0n) is 16.8. The minimum atomic E-state index is 0. The maximum absolute atomic E-state index is 3.79. The van der Waals surface area contributed by atoms with Crippen LogP contribution in [0.15, 0.2) is 0 Å². The molecule has 1 atom stereocenters. The van der Waals surface area contributed by atoms with Crippen molar-refractivity contribution in [1.29, 1.82) is 0 Å². The van der Waals surface area contributed by atoms with Gasteiger partial charge in [-0.1, -0.05) is 120 Å². The lowest BCUT2D eigenvalue weighted by atomic mass is 9.92. The molecular weight excluding hydrogens is 346 g/mol. The van der Waals surface area contributed by atoms with E-state index in [9.17, 15) is 0 Å². The lowest BCUT2D eigenvalue weighted by molar-refractivity contribution is 0.413. The van der Waals surface area contributed by atoms with Gasteiger partial charge in [0, 0.05) is 4.32 Å². The smallest absolute Gasteiger partial charge is 0.0227 e. The molecular formula is C21H46BrN. The molecule has 0 aromatic heterocycles. The van der Waals surface area contributed by atoms with Gasteiger partial charge in [0.05, 0.1) is 0 Å². The van der Waals surface area contributed by atoms with E-state index in [1.54, 1.807) is 0 Å². The normalized spacial score (nSPS) is 12.9. The van der Waals surface area contributed by atoms with Crippen LogP contribution in [0.2, 0.25) is 0 Å². The lowest BCUT2D eigenvalue weighted by Crippen LogP contribution is -2.20. The summed E-state index contributed by atoms with van der Waals surface area (Å²) in [4.78, 5) is 0. The second kappa shape index (κ2) is 17.3. The van der Waals surface area contributed by atoms with Crippen LogP contribution in [-0.4, -0.2) is 4.32 Å². The Bertz CT molecular complexity index is 222. The fourth-order valence-corrected chi connectivity index (χ4v) is 3.22. The summed E-state index contributed by atoms with van der Waals surface area (Å²) in [5.74, 6) is 0.782. The van der Waals surface area contributed by atoms with Crippen LogP contribution in [0.5, 0.6) is 0 Å². The molecule has 0 bridgehead atoms. The van der Waals surface area contributed by atoms with Gasteiger partial charge in [0.15, 0.2) is 0 Å². The molecule has 0 amide bonds. The molecule has 0 fully saturated rings. The van der Waals surface area contributed by atoms with Gasteiger partial charge in [0.2, 0.25) is 0 Å². The Morgan fingerprint density at radius 3 is 1.26 bits per heavy atom. The summed E-state index contributed by atoms with van der Waals surface area (Å²) in [6.45, 7) is 9.25. The Balaban J connectivity index is 0. The van der Waals surface area contributed by atoms with Crippen LogP contribution in [0.1, 0.15) is 124 Å². The van der Waals surface area contributed by atoms with Crippen LogP contribution < -0.4 is 6.15 Å².